The molecule has 0 aliphatic rings. The number of aromatic nitrogens is 5. The average Bonchev–Trinajstić information content (AvgIpc) is 2.93. The third-order valence-corrected chi connectivity index (χ3v) is 3.24. The molecule has 2 amide bonds. The third-order valence-electron chi connectivity index (χ3n) is 3.24. The summed E-state index contributed by atoms with van der Waals surface area (Å²) >= 11 is 0. The van der Waals surface area contributed by atoms with Crippen molar-refractivity contribution in [3.8, 4) is 0 Å². The van der Waals surface area contributed by atoms with Crippen LogP contribution in [0.3, 0.4) is 0 Å². The van der Waals surface area contributed by atoms with Gasteiger partial charge in [-0.3, -0.25) is 14.7 Å². The summed E-state index contributed by atoms with van der Waals surface area (Å²) in [5, 5.41) is 13.8. The summed E-state index contributed by atoms with van der Waals surface area (Å²) in [7, 11) is 3.62. The molecule has 0 fully saturated rings. The zero-order chi connectivity index (χ0) is 15.6. The standard InChI is InChI=1S/C13H21N7O/c1-8(2)11(10-6-14-19(4)7-10)16-13(21)17-12-15-9(3)20(5)18-12/h6-8,11H,1-5H3,(H2,16,17,18,21). The van der Waals surface area contributed by atoms with E-state index in [1.54, 1.807) is 22.6 Å². The molecule has 2 N–H and O–H groups in total. The van der Waals surface area contributed by atoms with Crippen molar-refractivity contribution >= 4 is 12.0 Å². The van der Waals surface area contributed by atoms with E-state index in [-0.39, 0.29) is 18.0 Å². The Labute approximate surface area is 123 Å². The van der Waals surface area contributed by atoms with Crippen LogP contribution in [-0.2, 0) is 14.1 Å². The monoisotopic (exact) mass is 291 g/mol. The molecular formula is C13H21N7O. The minimum Gasteiger partial charge on any atom is -0.331 e. The molecule has 0 aromatic carbocycles. The van der Waals surface area contributed by atoms with Crippen LogP contribution in [0.25, 0.3) is 0 Å². The molecule has 1 unspecified atom stereocenters. The molecule has 21 heavy (non-hydrogen) atoms. The third kappa shape index (κ3) is 3.59. The first kappa shape index (κ1) is 15.0. The normalized spacial score (nSPS) is 12.5. The maximum atomic E-state index is 12.1. The number of urea groups is 1. The van der Waals surface area contributed by atoms with E-state index in [1.165, 1.54) is 0 Å². The average molecular weight is 291 g/mol. The van der Waals surface area contributed by atoms with Crippen molar-refractivity contribution in [2.45, 2.75) is 26.8 Å². The number of amides is 2. The van der Waals surface area contributed by atoms with E-state index in [1.807, 2.05) is 34.0 Å². The van der Waals surface area contributed by atoms with Crippen molar-refractivity contribution in [3.05, 3.63) is 23.8 Å². The van der Waals surface area contributed by atoms with Crippen molar-refractivity contribution in [1.29, 1.82) is 0 Å². The summed E-state index contributed by atoms with van der Waals surface area (Å²) in [5.41, 5.74) is 0.966. The van der Waals surface area contributed by atoms with Crippen molar-refractivity contribution < 1.29 is 4.79 Å². The highest BCUT2D eigenvalue weighted by atomic mass is 16.2. The molecule has 114 valence electrons. The predicted molar refractivity (Wildman–Crippen MR) is 78.7 cm³/mol. The number of carbonyl (C=O) groups is 1. The molecule has 2 aromatic rings. The van der Waals surface area contributed by atoms with Gasteiger partial charge < -0.3 is 5.32 Å². The van der Waals surface area contributed by atoms with Gasteiger partial charge in [0.2, 0.25) is 5.95 Å². The number of rotatable bonds is 4. The molecule has 8 nitrogen and oxygen atoms in total. The summed E-state index contributed by atoms with van der Waals surface area (Å²) < 4.78 is 3.32. The maximum absolute atomic E-state index is 12.1. The van der Waals surface area contributed by atoms with Gasteiger partial charge in [0.15, 0.2) is 0 Å². The van der Waals surface area contributed by atoms with Crippen LogP contribution in [0.4, 0.5) is 10.7 Å². The molecule has 2 heterocycles. The number of nitrogens with zero attached hydrogens (tertiary/aromatic N) is 5. The smallest absolute Gasteiger partial charge is 0.322 e. The number of anilines is 1. The summed E-state index contributed by atoms with van der Waals surface area (Å²) in [6, 6.07) is -0.452. The number of hydrogen-bond acceptors (Lipinski definition) is 4. The highest BCUT2D eigenvalue weighted by Crippen LogP contribution is 2.20. The molecule has 2 aromatic heterocycles. The van der Waals surface area contributed by atoms with Gasteiger partial charge in [-0.2, -0.15) is 10.1 Å². The first-order valence-corrected chi connectivity index (χ1v) is 6.80. The second-order valence-electron chi connectivity index (χ2n) is 5.37. The van der Waals surface area contributed by atoms with Crippen LogP contribution < -0.4 is 10.6 Å². The van der Waals surface area contributed by atoms with Crippen molar-refractivity contribution in [2.24, 2.45) is 20.0 Å². The van der Waals surface area contributed by atoms with Gasteiger partial charge in [-0.05, 0) is 12.8 Å². The quantitative estimate of drug-likeness (QED) is 0.890. The van der Waals surface area contributed by atoms with Crippen molar-refractivity contribution in [1.82, 2.24) is 29.9 Å². The molecule has 0 aliphatic heterocycles. The molecule has 1 atom stereocenters. The first-order valence-electron chi connectivity index (χ1n) is 6.80. The number of nitrogens with one attached hydrogen (secondary N) is 2. The Morgan fingerprint density at radius 1 is 1.33 bits per heavy atom. The lowest BCUT2D eigenvalue weighted by molar-refractivity contribution is 0.244. The van der Waals surface area contributed by atoms with Crippen LogP contribution in [-0.4, -0.2) is 30.6 Å². The van der Waals surface area contributed by atoms with E-state index in [9.17, 15) is 4.79 Å². The Morgan fingerprint density at radius 2 is 2.05 bits per heavy atom. The molecule has 0 saturated carbocycles. The lowest BCUT2D eigenvalue weighted by Gasteiger charge is -2.20. The van der Waals surface area contributed by atoms with Crippen molar-refractivity contribution in [2.75, 3.05) is 5.32 Å². The van der Waals surface area contributed by atoms with Gasteiger partial charge >= 0.3 is 6.03 Å². The second-order valence-corrected chi connectivity index (χ2v) is 5.37. The Morgan fingerprint density at radius 3 is 2.52 bits per heavy atom. The van der Waals surface area contributed by atoms with Crippen LogP contribution in [0.2, 0.25) is 0 Å². The summed E-state index contributed by atoms with van der Waals surface area (Å²) in [6.45, 7) is 5.91. The highest BCUT2D eigenvalue weighted by Gasteiger charge is 2.20. The summed E-state index contributed by atoms with van der Waals surface area (Å²) in [6.07, 6.45) is 3.65. The van der Waals surface area contributed by atoms with E-state index >= 15 is 0 Å². The maximum Gasteiger partial charge on any atom is 0.322 e. The predicted octanol–water partition coefficient (Wildman–Crippen LogP) is 1.38. The lowest BCUT2D eigenvalue weighted by atomic mass is 9.99. The number of hydrogen-bond donors (Lipinski definition) is 2. The molecule has 0 aliphatic carbocycles. The Hall–Kier alpha value is -2.38. The van der Waals surface area contributed by atoms with Gasteiger partial charge in [0.1, 0.15) is 5.82 Å². The first-order chi connectivity index (χ1) is 9.86. The van der Waals surface area contributed by atoms with E-state index < -0.39 is 0 Å². The largest absolute Gasteiger partial charge is 0.331 e. The van der Waals surface area contributed by atoms with Crippen LogP contribution in [0.1, 0.15) is 31.3 Å². The van der Waals surface area contributed by atoms with Crippen LogP contribution in [0.15, 0.2) is 12.4 Å². The van der Waals surface area contributed by atoms with E-state index in [2.05, 4.69) is 25.8 Å². The van der Waals surface area contributed by atoms with E-state index in [0.717, 1.165) is 11.4 Å². The Bertz CT molecular complexity index is 609. The Balaban J connectivity index is 2.05. The fourth-order valence-corrected chi connectivity index (χ4v) is 2.03. The minimum absolute atomic E-state index is 0.122. The summed E-state index contributed by atoms with van der Waals surface area (Å²) in [4.78, 5) is 16.2. The van der Waals surface area contributed by atoms with Gasteiger partial charge in [0.25, 0.3) is 0 Å². The molecule has 0 bridgehead atoms. The molecule has 0 saturated heterocycles. The van der Waals surface area contributed by atoms with E-state index in [4.69, 9.17) is 0 Å². The van der Waals surface area contributed by atoms with Crippen LogP contribution in [0.5, 0.6) is 0 Å². The SMILES string of the molecule is Cc1nc(NC(=O)NC(c2cnn(C)c2)C(C)C)nn1C. The zero-order valence-electron chi connectivity index (χ0n) is 13.0. The van der Waals surface area contributed by atoms with Gasteiger partial charge in [0.05, 0.1) is 12.2 Å². The minimum atomic E-state index is -0.330. The zero-order valence-corrected chi connectivity index (χ0v) is 13.0. The highest BCUT2D eigenvalue weighted by molar-refractivity contribution is 5.87. The molecule has 8 heteroatoms. The second kappa shape index (κ2) is 5.94. The Kier molecular flexibility index (Phi) is 4.25. The lowest BCUT2D eigenvalue weighted by Crippen LogP contribution is -2.35. The molecule has 2 rings (SSSR count). The molecule has 0 spiro atoms. The van der Waals surface area contributed by atoms with E-state index in [0.29, 0.717) is 5.95 Å². The molecule has 0 radical (unpaired) electrons. The van der Waals surface area contributed by atoms with Gasteiger partial charge in [-0.1, -0.05) is 13.8 Å². The topological polar surface area (TPSA) is 89.7 Å². The fraction of sp³-hybridized carbons (Fsp3) is 0.538. The van der Waals surface area contributed by atoms with Crippen LogP contribution >= 0.6 is 0 Å². The summed E-state index contributed by atoms with van der Waals surface area (Å²) in [5.74, 6) is 1.26. The van der Waals surface area contributed by atoms with Crippen LogP contribution in [0, 0.1) is 12.8 Å². The van der Waals surface area contributed by atoms with Gasteiger partial charge in [0, 0.05) is 25.9 Å². The van der Waals surface area contributed by atoms with Crippen molar-refractivity contribution in [3.63, 3.8) is 0 Å². The number of carbonyl (C=O) groups excluding carboxylic acids is 1. The fourth-order valence-electron chi connectivity index (χ4n) is 2.03. The molecular weight excluding hydrogens is 270 g/mol. The van der Waals surface area contributed by atoms with Gasteiger partial charge in [-0.25, -0.2) is 4.79 Å². The van der Waals surface area contributed by atoms with Gasteiger partial charge in [-0.15, -0.1) is 5.10 Å². The number of aryl methyl sites for hydroxylation is 3.